The van der Waals surface area contributed by atoms with Gasteiger partial charge in [-0.1, -0.05) is 47.5 Å². The first-order valence-electron chi connectivity index (χ1n) is 5.97. The van der Waals surface area contributed by atoms with E-state index in [1.165, 1.54) is 27.8 Å². The molecule has 1 unspecified atom stereocenters. The molecule has 1 atom stereocenters. The van der Waals surface area contributed by atoms with Crippen LogP contribution in [0.25, 0.3) is 5.57 Å². The normalized spacial score (nSPS) is 20.5. The van der Waals surface area contributed by atoms with E-state index >= 15 is 0 Å². The van der Waals surface area contributed by atoms with Crippen LogP contribution in [0.4, 0.5) is 0 Å². The predicted octanol–water partition coefficient (Wildman–Crippen LogP) is 2.98. The van der Waals surface area contributed by atoms with E-state index in [1.54, 1.807) is 5.20 Å². The summed E-state index contributed by atoms with van der Waals surface area (Å²) >= 11 is 0. The van der Waals surface area contributed by atoms with Gasteiger partial charge in [0.05, 0.1) is 0 Å². The van der Waals surface area contributed by atoms with Crippen molar-refractivity contribution in [3.05, 3.63) is 51.7 Å². The van der Waals surface area contributed by atoms with E-state index in [2.05, 4.69) is 52.0 Å². The first-order valence-corrected chi connectivity index (χ1v) is 6.97. The van der Waals surface area contributed by atoms with Gasteiger partial charge in [0.15, 0.2) is 0 Å². The van der Waals surface area contributed by atoms with E-state index in [0.29, 0.717) is 5.92 Å². The number of rotatable bonds is 1. The number of hydrogen-bond acceptors (Lipinski definition) is 0. The van der Waals surface area contributed by atoms with E-state index in [4.69, 9.17) is 0 Å². The number of aryl methyl sites for hydroxylation is 2. The fourth-order valence-electron chi connectivity index (χ4n) is 2.75. The second kappa shape index (κ2) is 4.06. The third kappa shape index (κ3) is 1.92. The molecule has 1 aliphatic rings. The molecule has 0 N–H and O–H groups in total. The molecular weight excluding hydrogens is 208 g/mol. The van der Waals surface area contributed by atoms with Crippen molar-refractivity contribution in [3.8, 4) is 0 Å². The molecule has 0 saturated carbocycles. The Kier molecular flexibility index (Phi) is 2.89. The fraction of sp³-hybridized carbons (Fsp3) is 0.333. The summed E-state index contributed by atoms with van der Waals surface area (Å²) in [5, 5.41) is 1.57. The molecule has 1 aromatic carbocycles. The van der Waals surface area contributed by atoms with E-state index in [1.807, 2.05) is 0 Å². The molecule has 2 rings (SSSR count). The average molecular weight is 228 g/mol. The molecule has 0 nitrogen and oxygen atoms in total. The minimum atomic E-state index is 0.591. The monoisotopic (exact) mass is 228 g/mol. The van der Waals surface area contributed by atoms with Gasteiger partial charge in [0, 0.05) is 10.2 Å². The van der Waals surface area contributed by atoms with Crippen molar-refractivity contribution in [2.75, 3.05) is 0 Å². The minimum absolute atomic E-state index is 0.591. The molecule has 0 heterocycles. The Morgan fingerprint density at radius 2 is 1.56 bits per heavy atom. The maximum Gasteiger partial charge on any atom is 0.0384 e. The van der Waals surface area contributed by atoms with Crippen LogP contribution in [0.2, 0.25) is 0 Å². The molecule has 0 bridgehead atoms. The quantitative estimate of drug-likeness (QED) is 0.648. The summed E-state index contributed by atoms with van der Waals surface area (Å²) in [7, 11) is 1.16. The summed E-state index contributed by atoms with van der Waals surface area (Å²) in [5.74, 6) is 0.591. The highest BCUT2D eigenvalue weighted by Crippen LogP contribution is 2.37. The van der Waals surface area contributed by atoms with Crippen LogP contribution in [0, 0.1) is 19.8 Å². The molecule has 0 saturated heterocycles. The lowest BCUT2D eigenvalue weighted by molar-refractivity contribution is 0.976. The third-order valence-electron chi connectivity index (χ3n) is 3.48. The largest absolute Gasteiger partial charge is 0.0787 e. The van der Waals surface area contributed by atoms with Crippen molar-refractivity contribution >= 4 is 15.8 Å². The molecule has 0 fully saturated rings. The molecule has 0 amide bonds. The van der Waals surface area contributed by atoms with Crippen LogP contribution in [0.1, 0.15) is 30.5 Å². The van der Waals surface area contributed by atoms with Crippen LogP contribution >= 0.6 is 0 Å². The van der Waals surface area contributed by atoms with Crippen molar-refractivity contribution in [2.45, 2.75) is 27.7 Å². The molecule has 1 aliphatic carbocycles. The van der Waals surface area contributed by atoms with Gasteiger partial charge in [-0.05, 0) is 43.4 Å². The average Bonchev–Trinajstić information content (AvgIpc) is 2.39. The van der Waals surface area contributed by atoms with E-state index < -0.39 is 0 Å². The minimum Gasteiger partial charge on any atom is -0.0787 e. The van der Waals surface area contributed by atoms with Gasteiger partial charge in [0.25, 0.3) is 0 Å². The van der Waals surface area contributed by atoms with E-state index in [-0.39, 0.29) is 0 Å². The Morgan fingerprint density at radius 1 is 1.00 bits per heavy atom. The zero-order chi connectivity index (χ0) is 11.9. The van der Waals surface area contributed by atoms with Crippen LogP contribution in [0.5, 0.6) is 0 Å². The maximum absolute atomic E-state index is 2.43. The zero-order valence-electron chi connectivity index (χ0n) is 10.9. The van der Waals surface area contributed by atoms with Crippen LogP contribution in [0.15, 0.2) is 35.0 Å². The van der Waals surface area contributed by atoms with E-state index in [0.717, 1.165) is 10.2 Å². The highest BCUT2D eigenvalue weighted by Gasteiger charge is 2.19. The summed E-state index contributed by atoms with van der Waals surface area (Å²) in [5.41, 5.74) is 7.21. The zero-order valence-corrected chi connectivity index (χ0v) is 12.9. The Labute approximate surface area is 102 Å². The molecule has 1 heteroatoms. The Morgan fingerprint density at radius 3 is 2.00 bits per heavy atom. The second-order valence-electron chi connectivity index (χ2n) is 5.05. The second-order valence-corrected chi connectivity index (χ2v) is 6.13. The molecule has 0 aromatic heterocycles. The van der Waals surface area contributed by atoms with Crippen molar-refractivity contribution in [1.82, 2.24) is 0 Å². The standard InChI is InChI=1S/C15H20Si/c1-9-5-10(2)7-13(6-9)15-11(3)8-14(16)12(15)4/h5-8,11H,1-4,16H3. The van der Waals surface area contributed by atoms with Gasteiger partial charge in [-0.2, -0.15) is 0 Å². The predicted molar refractivity (Wildman–Crippen MR) is 75.7 cm³/mol. The summed E-state index contributed by atoms with van der Waals surface area (Å²) in [6.45, 7) is 8.94. The molecule has 0 aliphatic heterocycles. The SMILES string of the molecule is CC1=C(c2cc(C)cc(C)c2)C(C)C=C1[SiH3]. The van der Waals surface area contributed by atoms with Crippen LogP contribution in [-0.2, 0) is 0 Å². The highest BCUT2D eigenvalue weighted by atomic mass is 28.1. The molecular formula is C15H20Si. The first-order chi connectivity index (χ1) is 7.49. The lowest BCUT2D eigenvalue weighted by Crippen LogP contribution is -1.95. The van der Waals surface area contributed by atoms with Crippen molar-refractivity contribution in [2.24, 2.45) is 5.92 Å². The van der Waals surface area contributed by atoms with Gasteiger partial charge in [0.1, 0.15) is 0 Å². The molecule has 84 valence electrons. The number of benzene rings is 1. The summed E-state index contributed by atoms with van der Waals surface area (Å²) in [6.07, 6.45) is 2.43. The van der Waals surface area contributed by atoms with Crippen molar-refractivity contribution < 1.29 is 0 Å². The topological polar surface area (TPSA) is 0 Å². The van der Waals surface area contributed by atoms with Gasteiger partial charge < -0.3 is 0 Å². The van der Waals surface area contributed by atoms with Crippen LogP contribution < -0.4 is 0 Å². The maximum atomic E-state index is 2.43. The van der Waals surface area contributed by atoms with Gasteiger partial charge in [-0.25, -0.2) is 0 Å². The Bertz CT molecular complexity index is 472. The van der Waals surface area contributed by atoms with Crippen molar-refractivity contribution in [3.63, 3.8) is 0 Å². The van der Waals surface area contributed by atoms with Crippen molar-refractivity contribution in [1.29, 1.82) is 0 Å². The summed E-state index contributed by atoms with van der Waals surface area (Å²) < 4.78 is 0. The third-order valence-corrected chi connectivity index (χ3v) is 4.57. The number of allylic oxidation sites excluding steroid dienone is 4. The Hall–Kier alpha value is -1.08. The lowest BCUT2D eigenvalue weighted by atomic mass is 9.92. The molecule has 16 heavy (non-hydrogen) atoms. The fourth-order valence-corrected chi connectivity index (χ4v) is 3.52. The summed E-state index contributed by atoms with van der Waals surface area (Å²) in [6, 6.07) is 6.88. The number of hydrogen-bond donors (Lipinski definition) is 0. The van der Waals surface area contributed by atoms with Crippen LogP contribution in [-0.4, -0.2) is 10.2 Å². The van der Waals surface area contributed by atoms with Gasteiger partial charge in [-0.3, -0.25) is 0 Å². The first kappa shape index (κ1) is 11.4. The van der Waals surface area contributed by atoms with Gasteiger partial charge >= 0.3 is 0 Å². The lowest BCUT2D eigenvalue weighted by Gasteiger charge is -2.12. The molecule has 0 spiro atoms. The molecule has 1 aromatic rings. The van der Waals surface area contributed by atoms with E-state index in [9.17, 15) is 0 Å². The summed E-state index contributed by atoms with van der Waals surface area (Å²) in [4.78, 5) is 0. The van der Waals surface area contributed by atoms with Gasteiger partial charge in [-0.15, -0.1) is 0 Å². The van der Waals surface area contributed by atoms with Gasteiger partial charge in [0.2, 0.25) is 0 Å². The highest BCUT2D eigenvalue weighted by molar-refractivity contribution is 6.26. The molecule has 0 radical (unpaired) electrons. The smallest absolute Gasteiger partial charge is 0.0384 e. The Balaban J connectivity index is 2.54. The van der Waals surface area contributed by atoms with Crippen LogP contribution in [0.3, 0.4) is 0 Å².